The molecule has 1 aliphatic heterocycles. The highest BCUT2D eigenvalue weighted by Crippen LogP contribution is 2.26. The summed E-state index contributed by atoms with van der Waals surface area (Å²) >= 11 is 3.38. The van der Waals surface area contributed by atoms with Crippen LogP contribution in [-0.2, 0) is 32.7 Å². The summed E-state index contributed by atoms with van der Waals surface area (Å²) in [6.07, 6.45) is 1.43. The van der Waals surface area contributed by atoms with E-state index < -0.39 is 15.9 Å². The average Bonchev–Trinajstić information content (AvgIpc) is 3.26. The van der Waals surface area contributed by atoms with Crippen molar-refractivity contribution < 1.29 is 18.0 Å². The van der Waals surface area contributed by atoms with Crippen molar-refractivity contribution in [1.29, 1.82) is 0 Å². The molecule has 3 aromatic carbocycles. The van der Waals surface area contributed by atoms with Crippen molar-refractivity contribution in [3.8, 4) is 0 Å². The van der Waals surface area contributed by atoms with Crippen LogP contribution in [-0.4, -0.2) is 38.2 Å². The number of carbonyl (C=O) groups is 2. The van der Waals surface area contributed by atoms with E-state index >= 15 is 0 Å². The minimum atomic E-state index is -3.97. The van der Waals surface area contributed by atoms with Crippen molar-refractivity contribution in [3.63, 3.8) is 0 Å². The van der Waals surface area contributed by atoms with Crippen molar-refractivity contribution >= 4 is 43.5 Å². The van der Waals surface area contributed by atoms with E-state index in [1.807, 2.05) is 29.2 Å². The van der Waals surface area contributed by atoms with Crippen LogP contribution < -0.4 is 9.62 Å². The standard InChI is InChI=1S/C26H26BrN3O4S/c27-22-10-6-11-23(16-22)30(35(33,34)24-12-2-1-3-13-24)19-25(31)28-17-20-8-4-5-9-21(20)18-29-15-7-14-26(29)32/h1-6,8-13,16H,7,14-15,17-19H2,(H,28,31). The maximum atomic E-state index is 13.4. The molecule has 0 saturated carbocycles. The molecule has 3 aromatic rings. The molecule has 7 nitrogen and oxygen atoms in total. The minimum absolute atomic E-state index is 0.105. The van der Waals surface area contributed by atoms with Crippen LogP contribution in [0.25, 0.3) is 0 Å². The number of halogens is 1. The van der Waals surface area contributed by atoms with E-state index in [1.165, 1.54) is 12.1 Å². The third kappa shape index (κ3) is 6.10. The Morgan fingerprint density at radius 1 is 0.971 bits per heavy atom. The molecule has 2 amide bonds. The fourth-order valence-electron chi connectivity index (χ4n) is 4.01. The zero-order valence-corrected chi connectivity index (χ0v) is 21.5. The van der Waals surface area contributed by atoms with Crippen LogP contribution in [0.15, 0.2) is 88.2 Å². The summed E-state index contributed by atoms with van der Waals surface area (Å²) in [6.45, 7) is 1.09. The normalized spacial score (nSPS) is 13.6. The summed E-state index contributed by atoms with van der Waals surface area (Å²) in [7, 11) is -3.97. The Balaban J connectivity index is 1.51. The SMILES string of the molecule is O=C(CN(c1cccc(Br)c1)S(=O)(=O)c1ccccc1)NCc1ccccc1CN1CCCC1=O. The van der Waals surface area contributed by atoms with Gasteiger partial charge >= 0.3 is 0 Å². The first-order chi connectivity index (χ1) is 16.8. The second kappa shape index (κ2) is 11.0. The number of hydrogen-bond donors (Lipinski definition) is 1. The van der Waals surface area contributed by atoms with Gasteiger partial charge in [-0.2, -0.15) is 0 Å². The van der Waals surface area contributed by atoms with E-state index in [0.29, 0.717) is 23.1 Å². The monoisotopic (exact) mass is 555 g/mol. The van der Waals surface area contributed by atoms with Crippen molar-refractivity contribution in [2.75, 3.05) is 17.4 Å². The Bertz CT molecular complexity index is 1310. The molecule has 182 valence electrons. The van der Waals surface area contributed by atoms with Gasteiger partial charge in [-0.15, -0.1) is 0 Å². The largest absolute Gasteiger partial charge is 0.350 e. The second-order valence-corrected chi connectivity index (χ2v) is 11.0. The number of hydrogen-bond acceptors (Lipinski definition) is 4. The highest BCUT2D eigenvalue weighted by atomic mass is 79.9. The van der Waals surface area contributed by atoms with Crippen LogP contribution in [0.3, 0.4) is 0 Å². The van der Waals surface area contributed by atoms with E-state index in [0.717, 1.165) is 28.4 Å². The van der Waals surface area contributed by atoms with E-state index in [1.54, 1.807) is 42.5 Å². The maximum Gasteiger partial charge on any atom is 0.264 e. The van der Waals surface area contributed by atoms with Crippen LogP contribution in [0.4, 0.5) is 5.69 Å². The van der Waals surface area contributed by atoms with Crippen LogP contribution in [0, 0.1) is 0 Å². The molecule has 0 aromatic heterocycles. The van der Waals surface area contributed by atoms with E-state index in [-0.39, 0.29) is 23.9 Å². The second-order valence-electron chi connectivity index (χ2n) is 8.27. The Morgan fingerprint density at radius 2 is 1.69 bits per heavy atom. The lowest BCUT2D eigenvalue weighted by Gasteiger charge is -2.24. The Labute approximate surface area is 213 Å². The van der Waals surface area contributed by atoms with Gasteiger partial charge in [-0.3, -0.25) is 13.9 Å². The lowest BCUT2D eigenvalue weighted by molar-refractivity contribution is -0.128. The van der Waals surface area contributed by atoms with Gasteiger partial charge in [0.05, 0.1) is 10.6 Å². The molecule has 4 rings (SSSR count). The quantitative estimate of drug-likeness (QED) is 0.431. The summed E-state index contributed by atoms with van der Waals surface area (Å²) in [5, 5.41) is 2.85. The Morgan fingerprint density at radius 3 is 2.37 bits per heavy atom. The Hall–Kier alpha value is -3.17. The number of anilines is 1. The summed E-state index contributed by atoms with van der Waals surface area (Å²) in [5.74, 6) is -0.295. The summed E-state index contributed by atoms with van der Waals surface area (Å²) in [5.41, 5.74) is 2.23. The predicted octanol–water partition coefficient (Wildman–Crippen LogP) is 4.08. The first-order valence-electron chi connectivity index (χ1n) is 11.3. The van der Waals surface area contributed by atoms with E-state index in [9.17, 15) is 18.0 Å². The van der Waals surface area contributed by atoms with E-state index in [4.69, 9.17) is 0 Å². The molecule has 1 fully saturated rings. The number of likely N-dealkylation sites (tertiary alicyclic amines) is 1. The minimum Gasteiger partial charge on any atom is -0.350 e. The molecular formula is C26H26BrN3O4S. The number of carbonyl (C=O) groups excluding carboxylic acids is 2. The lowest BCUT2D eigenvalue weighted by Crippen LogP contribution is -2.40. The third-order valence-electron chi connectivity index (χ3n) is 5.84. The van der Waals surface area contributed by atoms with Gasteiger partial charge < -0.3 is 10.2 Å². The third-order valence-corrected chi connectivity index (χ3v) is 8.12. The Kier molecular flexibility index (Phi) is 7.87. The van der Waals surface area contributed by atoms with Crippen LogP contribution >= 0.6 is 15.9 Å². The molecule has 0 unspecified atom stereocenters. The number of sulfonamides is 1. The molecule has 1 heterocycles. The van der Waals surface area contributed by atoms with Crippen LogP contribution in [0.2, 0.25) is 0 Å². The van der Waals surface area contributed by atoms with Crippen molar-refractivity contribution in [2.24, 2.45) is 0 Å². The summed E-state index contributed by atoms with van der Waals surface area (Å²) < 4.78 is 28.7. The van der Waals surface area contributed by atoms with E-state index in [2.05, 4.69) is 21.2 Å². The highest BCUT2D eigenvalue weighted by Gasteiger charge is 2.27. The lowest BCUT2D eigenvalue weighted by atomic mass is 10.1. The van der Waals surface area contributed by atoms with Crippen molar-refractivity contribution in [2.45, 2.75) is 30.8 Å². The molecule has 9 heteroatoms. The van der Waals surface area contributed by atoms with Gasteiger partial charge in [0, 0.05) is 30.5 Å². The summed E-state index contributed by atoms with van der Waals surface area (Å²) in [4.78, 5) is 26.9. The number of amides is 2. The predicted molar refractivity (Wildman–Crippen MR) is 138 cm³/mol. The molecule has 0 aliphatic carbocycles. The molecule has 0 bridgehead atoms. The number of rotatable bonds is 9. The highest BCUT2D eigenvalue weighted by molar-refractivity contribution is 9.10. The molecular weight excluding hydrogens is 530 g/mol. The smallest absolute Gasteiger partial charge is 0.264 e. The van der Waals surface area contributed by atoms with Crippen LogP contribution in [0.5, 0.6) is 0 Å². The molecule has 0 radical (unpaired) electrons. The molecule has 1 saturated heterocycles. The number of benzene rings is 3. The maximum absolute atomic E-state index is 13.4. The molecule has 35 heavy (non-hydrogen) atoms. The fraction of sp³-hybridized carbons (Fsp3) is 0.231. The van der Waals surface area contributed by atoms with Crippen molar-refractivity contribution in [1.82, 2.24) is 10.2 Å². The van der Waals surface area contributed by atoms with Gasteiger partial charge in [0.1, 0.15) is 6.54 Å². The first-order valence-corrected chi connectivity index (χ1v) is 13.5. The number of nitrogens with one attached hydrogen (secondary N) is 1. The topological polar surface area (TPSA) is 86.8 Å². The van der Waals surface area contributed by atoms with Gasteiger partial charge in [0.2, 0.25) is 11.8 Å². The van der Waals surface area contributed by atoms with Gasteiger partial charge in [0.15, 0.2) is 0 Å². The number of nitrogens with zero attached hydrogens (tertiary/aromatic N) is 2. The summed E-state index contributed by atoms with van der Waals surface area (Å²) in [6, 6.07) is 22.5. The van der Waals surface area contributed by atoms with Crippen molar-refractivity contribution in [3.05, 3.63) is 94.5 Å². The van der Waals surface area contributed by atoms with Crippen LogP contribution in [0.1, 0.15) is 24.0 Å². The van der Waals surface area contributed by atoms with Gasteiger partial charge in [-0.1, -0.05) is 64.5 Å². The zero-order valence-electron chi connectivity index (χ0n) is 19.1. The first kappa shape index (κ1) is 24.9. The molecule has 0 atom stereocenters. The molecule has 1 aliphatic rings. The average molecular weight is 556 g/mol. The van der Waals surface area contributed by atoms with Gasteiger partial charge in [-0.25, -0.2) is 8.42 Å². The zero-order chi connectivity index (χ0) is 24.8. The molecule has 0 spiro atoms. The van der Waals surface area contributed by atoms with Gasteiger partial charge in [-0.05, 0) is 47.9 Å². The fourth-order valence-corrected chi connectivity index (χ4v) is 5.83. The van der Waals surface area contributed by atoms with Gasteiger partial charge in [0.25, 0.3) is 10.0 Å². The molecule has 1 N–H and O–H groups in total.